The maximum absolute atomic E-state index is 11.6. The SMILES string of the molecule is O=C(O)c1ccc2c(c1C(=O)O)[C@H]1C=C[C@H]3C=C[C@@H]2[C@H]31. The molecule has 1 aromatic carbocycles. The molecule has 2 N–H and O–H groups in total. The van der Waals surface area contributed by atoms with E-state index in [2.05, 4.69) is 18.2 Å². The van der Waals surface area contributed by atoms with Gasteiger partial charge in [0.1, 0.15) is 0 Å². The number of carbonyl (C=O) groups is 2. The summed E-state index contributed by atoms with van der Waals surface area (Å²) >= 11 is 0. The maximum atomic E-state index is 11.6. The minimum atomic E-state index is -1.18. The van der Waals surface area contributed by atoms with E-state index in [1.165, 1.54) is 6.07 Å². The summed E-state index contributed by atoms with van der Waals surface area (Å²) in [4.78, 5) is 22.9. The first-order valence-electron chi connectivity index (χ1n) is 6.59. The van der Waals surface area contributed by atoms with Gasteiger partial charge < -0.3 is 10.2 Å². The van der Waals surface area contributed by atoms with Gasteiger partial charge in [0.05, 0.1) is 11.1 Å². The molecule has 3 aliphatic rings. The second-order valence-corrected chi connectivity index (χ2v) is 5.58. The molecule has 3 aliphatic carbocycles. The first-order chi connectivity index (χ1) is 9.59. The zero-order valence-electron chi connectivity index (χ0n) is 10.5. The highest BCUT2D eigenvalue weighted by Gasteiger charge is 2.49. The summed E-state index contributed by atoms with van der Waals surface area (Å²) in [6, 6.07) is 3.21. The van der Waals surface area contributed by atoms with Gasteiger partial charge in [0.2, 0.25) is 0 Å². The summed E-state index contributed by atoms with van der Waals surface area (Å²) in [5.41, 5.74) is 1.53. The molecule has 1 aromatic rings. The van der Waals surface area contributed by atoms with Crippen molar-refractivity contribution in [3.05, 3.63) is 58.7 Å². The van der Waals surface area contributed by atoms with Crippen LogP contribution in [0, 0.1) is 11.8 Å². The predicted octanol–water partition coefficient (Wildman–Crippen LogP) is 2.64. The van der Waals surface area contributed by atoms with Gasteiger partial charge >= 0.3 is 11.9 Å². The summed E-state index contributed by atoms with van der Waals surface area (Å²) in [6.07, 6.45) is 8.44. The fraction of sp³-hybridized carbons (Fsp3) is 0.250. The topological polar surface area (TPSA) is 74.6 Å². The summed E-state index contributed by atoms with van der Waals surface area (Å²) in [5.74, 6) is -1.40. The van der Waals surface area contributed by atoms with E-state index in [1.54, 1.807) is 6.07 Å². The highest BCUT2D eigenvalue weighted by molar-refractivity contribution is 6.03. The van der Waals surface area contributed by atoms with Crippen molar-refractivity contribution in [1.82, 2.24) is 0 Å². The monoisotopic (exact) mass is 268 g/mol. The highest BCUT2D eigenvalue weighted by atomic mass is 16.4. The number of fused-ring (bicyclic) bond motifs is 3. The van der Waals surface area contributed by atoms with Crippen LogP contribution >= 0.6 is 0 Å². The van der Waals surface area contributed by atoms with Crippen molar-refractivity contribution < 1.29 is 19.8 Å². The van der Waals surface area contributed by atoms with Crippen LogP contribution in [-0.2, 0) is 0 Å². The number of carboxylic acids is 2. The largest absolute Gasteiger partial charge is 0.478 e. The fourth-order valence-corrected chi connectivity index (χ4v) is 4.07. The number of hydrogen-bond acceptors (Lipinski definition) is 2. The third kappa shape index (κ3) is 1.21. The van der Waals surface area contributed by atoms with Crippen molar-refractivity contribution in [2.75, 3.05) is 0 Å². The quantitative estimate of drug-likeness (QED) is 0.808. The van der Waals surface area contributed by atoms with Crippen molar-refractivity contribution in [2.45, 2.75) is 11.8 Å². The fourth-order valence-electron chi connectivity index (χ4n) is 4.07. The molecule has 0 bridgehead atoms. The van der Waals surface area contributed by atoms with E-state index in [0.717, 1.165) is 5.56 Å². The van der Waals surface area contributed by atoms with E-state index in [9.17, 15) is 19.8 Å². The van der Waals surface area contributed by atoms with Gasteiger partial charge in [-0.3, -0.25) is 0 Å². The van der Waals surface area contributed by atoms with Gasteiger partial charge in [0.25, 0.3) is 0 Å². The molecule has 0 saturated heterocycles. The van der Waals surface area contributed by atoms with Crippen LogP contribution in [0.2, 0.25) is 0 Å². The highest BCUT2D eigenvalue weighted by Crippen LogP contribution is 2.59. The minimum absolute atomic E-state index is 0.0281. The van der Waals surface area contributed by atoms with E-state index >= 15 is 0 Å². The van der Waals surface area contributed by atoms with Crippen molar-refractivity contribution >= 4 is 11.9 Å². The van der Waals surface area contributed by atoms with Crippen molar-refractivity contribution in [3.8, 4) is 0 Å². The first-order valence-corrected chi connectivity index (χ1v) is 6.59. The van der Waals surface area contributed by atoms with Crippen LogP contribution in [0.3, 0.4) is 0 Å². The molecule has 100 valence electrons. The first kappa shape index (κ1) is 11.5. The average Bonchev–Trinajstić information content (AvgIpc) is 3.05. The van der Waals surface area contributed by atoms with Crippen LogP contribution in [0.1, 0.15) is 43.7 Å². The Morgan fingerprint density at radius 2 is 1.60 bits per heavy atom. The van der Waals surface area contributed by atoms with Gasteiger partial charge in [-0.1, -0.05) is 30.4 Å². The Morgan fingerprint density at radius 1 is 0.900 bits per heavy atom. The molecule has 4 atom stereocenters. The summed E-state index contributed by atoms with van der Waals surface area (Å²) in [7, 11) is 0. The number of aromatic carboxylic acids is 2. The molecule has 4 rings (SSSR count). The molecular weight excluding hydrogens is 256 g/mol. The van der Waals surface area contributed by atoms with Crippen LogP contribution in [0.25, 0.3) is 0 Å². The lowest BCUT2D eigenvalue weighted by atomic mass is 9.87. The van der Waals surface area contributed by atoms with Gasteiger partial charge in [-0.2, -0.15) is 0 Å². The Bertz CT molecular complexity index is 713. The van der Waals surface area contributed by atoms with Crippen LogP contribution in [0.15, 0.2) is 36.4 Å². The van der Waals surface area contributed by atoms with Crippen LogP contribution < -0.4 is 0 Å². The molecular formula is C16H12O4. The van der Waals surface area contributed by atoms with Gasteiger partial charge in [0, 0.05) is 11.8 Å². The molecule has 0 radical (unpaired) electrons. The summed E-state index contributed by atoms with van der Waals surface area (Å²) < 4.78 is 0. The summed E-state index contributed by atoms with van der Waals surface area (Å²) in [5, 5.41) is 18.7. The van der Waals surface area contributed by atoms with Gasteiger partial charge in [-0.15, -0.1) is 0 Å². The number of carboxylic acid groups (broad SMARTS) is 2. The van der Waals surface area contributed by atoms with Gasteiger partial charge in [-0.05, 0) is 29.0 Å². The molecule has 0 aliphatic heterocycles. The number of benzene rings is 1. The normalized spacial score (nSPS) is 31.4. The maximum Gasteiger partial charge on any atom is 0.336 e. The Labute approximate surface area is 115 Å². The number of hydrogen-bond donors (Lipinski definition) is 2. The zero-order valence-corrected chi connectivity index (χ0v) is 10.5. The minimum Gasteiger partial charge on any atom is -0.478 e. The van der Waals surface area contributed by atoms with Crippen LogP contribution in [0.5, 0.6) is 0 Å². The van der Waals surface area contributed by atoms with E-state index < -0.39 is 11.9 Å². The van der Waals surface area contributed by atoms with Gasteiger partial charge in [0.15, 0.2) is 0 Å². The Morgan fingerprint density at radius 3 is 2.25 bits per heavy atom. The van der Waals surface area contributed by atoms with E-state index in [0.29, 0.717) is 17.4 Å². The third-order valence-electron chi connectivity index (χ3n) is 4.77. The number of rotatable bonds is 2. The second-order valence-electron chi connectivity index (χ2n) is 5.58. The molecule has 0 heterocycles. The molecule has 0 spiro atoms. The lowest BCUT2D eigenvalue weighted by Crippen LogP contribution is -2.13. The molecule has 0 amide bonds. The lowest BCUT2D eigenvalue weighted by molar-refractivity contribution is 0.0650. The number of allylic oxidation sites excluding steroid dienone is 4. The van der Waals surface area contributed by atoms with E-state index in [-0.39, 0.29) is 23.0 Å². The molecule has 0 fully saturated rings. The molecule has 0 saturated carbocycles. The molecule has 0 aromatic heterocycles. The smallest absolute Gasteiger partial charge is 0.336 e. The van der Waals surface area contributed by atoms with Crippen molar-refractivity contribution in [2.24, 2.45) is 11.8 Å². The van der Waals surface area contributed by atoms with Crippen molar-refractivity contribution in [1.29, 1.82) is 0 Å². The van der Waals surface area contributed by atoms with Crippen LogP contribution in [0.4, 0.5) is 0 Å². The van der Waals surface area contributed by atoms with Crippen molar-refractivity contribution in [3.63, 3.8) is 0 Å². The van der Waals surface area contributed by atoms with E-state index in [1.807, 2.05) is 6.08 Å². The van der Waals surface area contributed by atoms with Gasteiger partial charge in [-0.25, -0.2) is 9.59 Å². The Kier molecular flexibility index (Phi) is 2.06. The van der Waals surface area contributed by atoms with Crippen LogP contribution in [-0.4, -0.2) is 22.2 Å². The second kappa shape index (κ2) is 3.60. The predicted molar refractivity (Wildman–Crippen MR) is 71.1 cm³/mol. The molecule has 4 heteroatoms. The molecule has 0 unspecified atom stereocenters. The molecule has 4 nitrogen and oxygen atoms in total. The zero-order chi connectivity index (χ0) is 14.0. The molecule has 20 heavy (non-hydrogen) atoms. The average molecular weight is 268 g/mol. The summed E-state index contributed by atoms with van der Waals surface area (Å²) in [6.45, 7) is 0. The standard InChI is InChI=1S/C16H12O4/c17-15(18)11-6-5-9-8-3-1-7-2-4-10(12(7)8)13(9)14(11)16(19)20/h1-8,10,12H,(H,17,18)(H,19,20)/t7-,8+,10+,12+/m1/s1. The Hall–Kier alpha value is -2.36. The Balaban J connectivity index is 2.03. The lowest BCUT2D eigenvalue weighted by Gasteiger charge is -2.15. The van der Waals surface area contributed by atoms with E-state index in [4.69, 9.17) is 0 Å². The third-order valence-corrected chi connectivity index (χ3v) is 4.77.